The Balaban J connectivity index is 2.75. The Kier molecular flexibility index (Phi) is 4.21. The summed E-state index contributed by atoms with van der Waals surface area (Å²) in [6, 6.07) is 3.95. The van der Waals surface area contributed by atoms with Crippen molar-refractivity contribution in [3.8, 4) is 5.75 Å². The number of ether oxygens (including phenoxy) is 1. The Morgan fingerprint density at radius 1 is 1.25 bits per heavy atom. The molecular weight excluding hydrogens is 248 g/mol. The van der Waals surface area contributed by atoms with Crippen LogP contribution in [0.15, 0.2) is 12.1 Å². The predicted molar refractivity (Wildman–Crippen MR) is 65.8 cm³/mol. The second-order valence-corrected chi connectivity index (χ2v) is 6.69. The van der Waals surface area contributed by atoms with Crippen LogP contribution in [0.4, 0.5) is 0 Å². The van der Waals surface area contributed by atoms with Gasteiger partial charge in [-0.1, -0.05) is 6.07 Å². The molecule has 16 heavy (non-hydrogen) atoms. The van der Waals surface area contributed by atoms with E-state index in [1.165, 1.54) is 0 Å². The van der Waals surface area contributed by atoms with Crippen molar-refractivity contribution in [1.82, 2.24) is 0 Å². The summed E-state index contributed by atoms with van der Waals surface area (Å²) in [5.74, 6) is 0.541. The maximum atomic E-state index is 10.7. The molecule has 0 spiro atoms. The lowest BCUT2D eigenvalue weighted by molar-refractivity contribution is 0.338. The summed E-state index contributed by atoms with van der Waals surface area (Å²) < 4.78 is 26.9. The lowest BCUT2D eigenvalue weighted by Gasteiger charge is -2.11. The highest BCUT2D eigenvalue weighted by Gasteiger charge is 2.08. The van der Waals surface area contributed by atoms with Crippen LogP contribution in [-0.2, 0) is 9.05 Å². The third-order valence-electron chi connectivity index (χ3n) is 2.35. The first-order chi connectivity index (χ1) is 7.29. The third-order valence-corrected chi connectivity index (χ3v) is 3.47. The Bertz CT molecular complexity index is 480. The van der Waals surface area contributed by atoms with Gasteiger partial charge in [0.25, 0.3) is 0 Å². The monoisotopic (exact) mass is 262 g/mol. The van der Waals surface area contributed by atoms with E-state index in [1.807, 2.05) is 26.8 Å². The van der Waals surface area contributed by atoms with Crippen LogP contribution < -0.4 is 4.74 Å². The maximum Gasteiger partial charge on any atom is 0.235 e. The number of rotatable bonds is 4. The van der Waals surface area contributed by atoms with Crippen molar-refractivity contribution in [2.75, 3.05) is 12.4 Å². The summed E-state index contributed by atoms with van der Waals surface area (Å²) in [5.41, 5.74) is 3.24. The highest BCUT2D eigenvalue weighted by atomic mass is 35.7. The van der Waals surface area contributed by atoms with Crippen LogP contribution in [0.2, 0.25) is 0 Å². The molecule has 1 aromatic carbocycles. The van der Waals surface area contributed by atoms with Crippen molar-refractivity contribution in [3.63, 3.8) is 0 Å². The van der Waals surface area contributed by atoms with Gasteiger partial charge < -0.3 is 4.74 Å². The lowest BCUT2D eigenvalue weighted by Crippen LogP contribution is -2.09. The van der Waals surface area contributed by atoms with Gasteiger partial charge in [0.05, 0.1) is 5.75 Å². The van der Waals surface area contributed by atoms with Crippen molar-refractivity contribution >= 4 is 19.7 Å². The SMILES string of the molecule is Cc1cc(C)c(C)c(OCCS(=O)(=O)Cl)c1. The predicted octanol–water partition coefficient (Wildman–Crippen LogP) is 2.56. The van der Waals surface area contributed by atoms with Crippen LogP contribution in [0.5, 0.6) is 5.75 Å². The number of aryl methyl sites for hydroxylation is 2. The van der Waals surface area contributed by atoms with Crippen LogP contribution in [-0.4, -0.2) is 20.8 Å². The highest BCUT2D eigenvalue weighted by Crippen LogP contribution is 2.23. The molecule has 0 aliphatic carbocycles. The fourth-order valence-corrected chi connectivity index (χ4v) is 1.87. The Labute approximate surface area is 101 Å². The Hall–Kier alpha value is -0.740. The molecule has 0 saturated heterocycles. The number of hydrogen-bond acceptors (Lipinski definition) is 3. The van der Waals surface area contributed by atoms with Crippen LogP contribution in [0.3, 0.4) is 0 Å². The van der Waals surface area contributed by atoms with E-state index in [0.717, 1.165) is 22.4 Å². The summed E-state index contributed by atoms with van der Waals surface area (Å²) in [5, 5.41) is 0. The standard InChI is InChI=1S/C11H15ClO3S/c1-8-6-9(2)10(3)11(7-8)15-4-5-16(12,13)14/h6-7H,4-5H2,1-3H3. The molecule has 0 aromatic heterocycles. The molecule has 5 heteroatoms. The number of hydrogen-bond donors (Lipinski definition) is 0. The molecule has 0 amide bonds. The molecule has 0 aliphatic heterocycles. The van der Waals surface area contributed by atoms with Crippen molar-refractivity contribution in [2.24, 2.45) is 0 Å². The molecule has 0 heterocycles. The maximum absolute atomic E-state index is 10.7. The molecule has 0 radical (unpaired) electrons. The molecule has 0 atom stereocenters. The lowest BCUT2D eigenvalue weighted by atomic mass is 10.1. The summed E-state index contributed by atoms with van der Waals surface area (Å²) in [6.07, 6.45) is 0. The molecule has 1 aromatic rings. The van der Waals surface area contributed by atoms with Gasteiger partial charge in [-0.25, -0.2) is 8.42 Å². The van der Waals surface area contributed by atoms with Crippen molar-refractivity contribution < 1.29 is 13.2 Å². The zero-order valence-corrected chi connectivity index (χ0v) is 11.2. The van der Waals surface area contributed by atoms with Crippen molar-refractivity contribution in [1.29, 1.82) is 0 Å². The molecule has 0 unspecified atom stereocenters. The van der Waals surface area contributed by atoms with E-state index in [1.54, 1.807) is 0 Å². The number of benzene rings is 1. The quantitative estimate of drug-likeness (QED) is 0.784. The molecule has 1 rings (SSSR count). The van der Waals surface area contributed by atoms with Gasteiger partial charge in [-0.3, -0.25) is 0 Å². The average molecular weight is 263 g/mol. The summed E-state index contributed by atoms with van der Waals surface area (Å²) in [7, 11) is 1.61. The minimum atomic E-state index is -3.48. The zero-order chi connectivity index (χ0) is 12.3. The van der Waals surface area contributed by atoms with Gasteiger partial charge in [-0.05, 0) is 43.5 Å². The first-order valence-electron chi connectivity index (χ1n) is 4.92. The number of halogens is 1. The second kappa shape index (κ2) is 5.06. The molecule has 0 N–H and O–H groups in total. The summed E-state index contributed by atoms with van der Waals surface area (Å²) in [6.45, 7) is 5.99. The molecular formula is C11H15ClO3S. The minimum Gasteiger partial charge on any atom is -0.492 e. The van der Waals surface area contributed by atoms with Gasteiger partial charge >= 0.3 is 0 Å². The van der Waals surface area contributed by atoms with Crippen LogP contribution in [0.1, 0.15) is 16.7 Å². The topological polar surface area (TPSA) is 43.4 Å². The molecule has 0 bridgehead atoms. The van der Waals surface area contributed by atoms with Gasteiger partial charge in [-0.15, -0.1) is 0 Å². The van der Waals surface area contributed by atoms with E-state index in [0.29, 0.717) is 0 Å². The smallest absolute Gasteiger partial charge is 0.235 e. The van der Waals surface area contributed by atoms with E-state index in [4.69, 9.17) is 15.4 Å². The summed E-state index contributed by atoms with van der Waals surface area (Å²) in [4.78, 5) is 0. The first kappa shape index (κ1) is 13.3. The van der Waals surface area contributed by atoms with Crippen LogP contribution >= 0.6 is 10.7 Å². The van der Waals surface area contributed by atoms with Crippen LogP contribution in [0.25, 0.3) is 0 Å². The van der Waals surface area contributed by atoms with Crippen molar-refractivity contribution in [3.05, 3.63) is 28.8 Å². The fraction of sp³-hybridized carbons (Fsp3) is 0.455. The van der Waals surface area contributed by atoms with Gasteiger partial charge in [0.1, 0.15) is 12.4 Å². The van der Waals surface area contributed by atoms with Crippen molar-refractivity contribution in [2.45, 2.75) is 20.8 Å². The van der Waals surface area contributed by atoms with Crippen LogP contribution in [0, 0.1) is 20.8 Å². The second-order valence-electron chi connectivity index (χ2n) is 3.80. The Morgan fingerprint density at radius 2 is 1.88 bits per heavy atom. The van der Waals surface area contributed by atoms with E-state index >= 15 is 0 Å². The van der Waals surface area contributed by atoms with Gasteiger partial charge in [0.15, 0.2) is 0 Å². The highest BCUT2D eigenvalue weighted by molar-refractivity contribution is 8.13. The van der Waals surface area contributed by atoms with E-state index in [2.05, 4.69) is 6.07 Å². The van der Waals surface area contributed by atoms with E-state index in [-0.39, 0.29) is 12.4 Å². The minimum absolute atomic E-state index is 0.0789. The summed E-state index contributed by atoms with van der Waals surface area (Å²) >= 11 is 0. The molecule has 0 aliphatic rings. The molecule has 90 valence electrons. The first-order valence-corrected chi connectivity index (χ1v) is 7.40. The zero-order valence-electron chi connectivity index (χ0n) is 9.58. The third kappa shape index (κ3) is 4.02. The largest absolute Gasteiger partial charge is 0.492 e. The normalized spacial score (nSPS) is 11.5. The molecule has 0 saturated carbocycles. The molecule has 3 nitrogen and oxygen atoms in total. The van der Waals surface area contributed by atoms with Gasteiger partial charge in [-0.2, -0.15) is 0 Å². The van der Waals surface area contributed by atoms with Gasteiger partial charge in [0, 0.05) is 10.7 Å². The Morgan fingerprint density at radius 3 is 2.44 bits per heavy atom. The fourth-order valence-electron chi connectivity index (χ4n) is 1.40. The van der Waals surface area contributed by atoms with E-state index in [9.17, 15) is 8.42 Å². The average Bonchev–Trinajstić information content (AvgIpc) is 2.11. The molecule has 0 fully saturated rings. The van der Waals surface area contributed by atoms with Gasteiger partial charge in [0.2, 0.25) is 9.05 Å². The van der Waals surface area contributed by atoms with E-state index < -0.39 is 9.05 Å².